The number of thioether (sulfide) groups is 1. The molecule has 1 aromatic carbocycles. The Morgan fingerprint density at radius 2 is 2.15 bits per heavy atom. The van der Waals surface area contributed by atoms with Gasteiger partial charge in [-0.05, 0) is 57.2 Å². The smallest absolute Gasteiger partial charge is 0.283 e. The first kappa shape index (κ1) is 20.7. The van der Waals surface area contributed by atoms with Gasteiger partial charge < -0.3 is 9.80 Å². The quantitative estimate of drug-likeness (QED) is 0.408. The minimum atomic E-state index is -0.382. The molecule has 2 rings (SSSR count). The highest BCUT2D eigenvalue weighted by Crippen LogP contribution is 2.31. The number of benzene rings is 1. The summed E-state index contributed by atoms with van der Waals surface area (Å²) in [6.45, 7) is 5.65. The number of carbonyl (C=O) groups is 1. The van der Waals surface area contributed by atoms with E-state index in [2.05, 4.69) is 18.7 Å². The van der Waals surface area contributed by atoms with Crippen molar-refractivity contribution in [3.8, 4) is 0 Å². The van der Waals surface area contributed by atoms with Crippen molar-refractivity contribution in [2.45, 2.75) is 44.0 Å². The van der Waals surface area contributed by atoms with Crippen LogP contribution in [0, 0.1) is 16.0 Å². The predicted octanol–water partition coefficient (Wildman–Crippen LogP) is 3.90. The Balaban J connectivity index is 2.15. The van der Waals surface area contributed by atoms with Crippen molar-refractivity contribution >= 4 is 23.4 Å². The molecular formula is C19H29N3O3S. The zero-order valence-corrected chi connectivity index (χ0v) is 16.9. The maximum atomic E-state index is 12.8. The van der Waals surface area contributed by atoms with Crippen LogP contribution in [0.1, 0.15) is 43.5 Å². The molecule has 1 atom stereocenters. The van der Waals surface area contributed by atoms with Crippen LogP contribution in [0.15, 0.2) is 23.1 Å². The Morgan fingerprint density at radius 3 is 2.77 bits per heavy atom. The molecule has 1 aliphatic rings. The molecule has 0 saturated carbocycles. The molecule has 144 valence electrons. The molecule has 0 spiro atoms. The SMILES string of the molecule is CC(C)CCSc1ccc(C(=O)N2CCCC(N(C)C)C2)cc1[N+](=O)[O-]. The van der Waals surface area contributed by atoms with Gasteiger partial charge in [-0.1, -0.05) is 13.8 Å². The third-order valence-electron chi connectivity index (χ3n) is 4.77. The van der Waals surface area contributed by atoms with Crippen molar-refractivity contribution in [2.24, 2.45) is 5.92 Å². The molecule has 0 aliphatic carbocycles. The first-order valence-electron chi connectivity index (χ1n) is 9.16. The van der Waals surface area contributed by atoms with Crippen LogP contribution >= 0.6 is 11.8 Å². The van der Waals surface area contributed by atoms with E-state index in [-0.39, 0.29) is 16.5 Å². The normalized spacial score (nSPS) is 17.8. The van der Waals surface area contributed by atoms with Gasteiger partial charge in [0.05, 0.1) is 9.82 Å². The molecule has 6 nitrogen and oxygen atoms in total. The van der Waals surface area contributed by atoms with Gasteiger partial charge in [0.1, 0.15) is 0 Å². The van der Waals surface area contributed by atoms with Gasteiger partial charge >= 0.3 is 0 Å². The monoisotopic (exact) mass is 379 g/mol. The van der Waals surface area contributed by atoms with Crippen molar-refractivity contribution in [1.82, 2.24) is 9.80 Å². The van der Waals surface area contributed by atoms with Crippen molar-refractivity contribution < 1.29 is 9.72 Å². The van der Waals surface area contributed by atoms with Gasteiger partial charge in [0.2, 0.25) is 0 Å². The third-order valence-corrected chi connectivity index (χ3v) is 5.87. The van der Waals surface area contributed by atoms with Gasteiger partial charge in [-0.2, -0.15) is 0 Å². The summed E-state index contributed by atoms with van der Waals surface area (Å²) in [5.41, 5.74) is 0.440. The van der Waals surface area contributed by atoms with E-state index in [0.29, 0.717) is 35.5 Å². The number of hydrogen-bond acceptors (Lipinski definition) is 5. The Hall–Kier alpha value is -1.60. The van der Waals surface area contributed by atoms with Crippen LogP contribution in [-0.2, 0) is 0 Å². The van der Waals surface area contributed by atoms with Crippen LogP contribution in [0.2, 0.25) is 0 Å². The fourth-order valence-electron chi connectivity index (χ4n) is 3.06. The average Bonchev–Trinajstić information content (AvgIpc) is 2.61. The molecule has 1 fully saturated rings. The van der Waals surface area contributed by atoms with Crippen LogP contribution in [0.25, 0.3) is 0 Å². The van der Waals surface area contributed by atoms with Gasteiger partial charge in [-0.3, -0.25) is 14.9 Å². The Morgan fingerprint density at radius 1 is 1.42 bits per heavy atom. The number of nitrogens with zero attached hydrogens (tertiary/aromatic N) is 3. The lowest BCUT2D eigenvalue weighted by atomic mass is 10.0. The number of likely N-dealkylation sites (N-methyl/N-ethyl adjacent to an activating group) is 1. The van der Waals surface area contributed by atoms with E-state index in [0.717, 1.165) is 25.0 Å². The Kier molecular flexibility index (Phi) is 7.46. The molecule has 1 aliphatic heterocycles. The van der Waals surface area contributed by atoms with Crippen LogP contribution < -0.4 is 0 Å². The molecule has 0 bridgehead atoms. The second-order valence-corrected chi connectivity index (χ2v) is 8.62. The van der Waals surface area contributed by atoms with Gasteiger partial charge in [0, 0.05) is 30.8 Å². The molecule has 1 saturated heterocycles. The van der Waals surface area contributed by atoms with E-state index in [1.54, 1.807) is 12.1 Å². The molecule has 1 heterocycles. The van der Waals surface area contributed by atoms with E-state index >= 15 is 0 Å². The number of nitro groups is 1. The van der Waals surface area contributed by atoms with Crippen LogP contribution in [0.5, 0.6) is 0 Å². The second kappa shape index (κ2) is 9.37. The number of hydrogen-bond donors (Lipinski definition) is 0. The van der Waals surface area contributed by atoms with E-state index in [9.17, 15) is 14.9 Å². The third kappa shape index (κ3) is 5.45. The summed E-state index contributed by atoms with van der Waals surface area (Å²) < 4.78 is 0. The number of rotatable bonds is 7. The summed E-state index contributed by atoms with van der Waals surface area (Å²) in [4.78, 5) is 28.5. The lowest BCUT2D eigenvalue weighted by Crippen LogP contribution is -2.47. The van der Waals surface area contributed by atoms with Crippen LogP contribution in [0.4, 0.5) is 5.69 Å². The Labute approximate surface area is 160 Å². The van der Waals surface area contributed by atoms with E-state index in [4.69, 9.17) is 0 Å². The Bertz CT molecular complexity index is 649. The average molecular weight is 380 g/mol. The van der Waals surface area contributed by atoms with E-state index in [1.165, 1.54) is 17.8 Å². The summed E-state index contributed by atoms with van der Waals surface area (Å²) in [6.07, 6.45) is 3.03. The summed E-state index contributed by atoms with van der Waals surface area (Å²) in [6, 6.07) is 5.24. The molecule has 0 aromatic heterocycles. The summed E-state index contributed by atoms with van der Waals surface area (Å²) in [5.74, 6) is 1.28. The molecular weight excluding hydrogens is 350 g/mol. The summed E-state index contributed by atoms with van der Waals surface area (Å²) in [5, 5.41) is 11.5. The van der Waals surface area contributed by atoms with E-state index in [1.807, 2.05) is 19.0 Å². The minimum Gasteiger partial charge on any atom is -0.337 e. The van der Waals surface area contributed by atoms with Crippen molar-refractivity contribution in [2.75, 3.05) is 32.9 Å². The number of piperidine rings is 1. The van der Waals surface area contributed by atoms with Gasteiger partial charge in [-0.15, -0.1) is 11.8 Å². The minimum absolute atomic E-state index is 0.0331. The number of amides is 1. The molecule has 1 aromatic rings. The lowest BCUT2D eigenvalue weighted by Gasteiger charge is -2.36. The zero-order chi connectivity index (χ0) is 19.3. The molecule has 0 N–H and O–H groups in total. The first-order chi connectivity index (χ1) is 12.3. The standard InChI is InChI=1S/C19H29N3O3S/c1-14(2)9-11-26-18-8-7-15(12-17(18)22(24)25)19(23)21-10-5-6-16(13-21)20(3)4/h7-8,12,14,16H,5-6,9-11,13H2,1-4H3. The van der Waals surface area contributed by atoms with Gasteiger partial charge in [-0.25, -0.2) is 0 Å². The number of carbonyl (C=O) groups excluding carboxylic acids is 1. The number of nitro benzene ring substituents is 1. The van der Waals surface area contributed by atoms with Crippen molar-refractivity contribution in [1.29, 1.82) is 0 Å². The van der Waals surface area contributed by atoms with Crippen LogP contribution in [0.3, 0.4) is 0 Å². The second-order valence-electron chi connectivity index (χ2n) is 7.48. The highest BCUT2D eigenvalue weighted by Gasteiger charge is 2.27. The largest absolute Gasteiger partial charge is 0.337 e. The fraction of sp³-hybridized carbons (Fsp3) is 0.632. The number of likely N-dealkylation sites (tertiary alicyclic amines) is 1. The van der Waals surface area contributed by atoms with Gasteiger partial charge in [0.15, 0.2) is 0 Å². The molecule has 7 heteroatoms. The highest BCUT2D eigenvalue weighted by atomic mass is 32.2. The lowest BCUT2D eigenvalue weighted by molar-refractivity contribution is -0.387. The molecule has 1 amide bonds. The summed E-state index contributed by atoms with van der Waals surface area (Å²) in [7, 11) is 4.04. The maximum absolute atomic E-state index is 12.8. The van der Waals surface area contributed by atoms with E-state index < -0.39 is 0 Å². The zero-order valence-electron chi connectivity index (χ0n) is 16.1. The maximum Gasteiger partial charge on any atom is 0.283 e. The molecule has 26 heavy (non-hydrogen) atoms. The molecule has 0 radical (unpaired) electrons. The predicted molar refractivity (Wildman–Crippen MR) is 106 cm³/mol. The van der Waals surface area contributed by atoms with Crippen LogP contribution in [-0.4, -0.2) is 59.6 Å². The first-order valence-corrected chi connectivity index (χ1v) is 10.1. The topological polar surface area (TPSA) is 66.7 Å². The van der Waals surface area contributed by atoms with Crippen molar-refractivity contribution in [3.63, 3.8) is 0 Å². The van der Waals surface area contributed by atoms with Crippen molar-refractivity contribution in [3.05, 3.63) is 33.9 Å². The summed E-state index contributed by atoms with van der Waals surface area (Å²) >= 11 is 1.49. The highest BCUT2D eigenvalue weighted by molar-refractivity contribution is 7.99. The van der Waals surface area contributed by atoms with Gasteiger partial charge in [0.25, 0.3) is 11.6 Å². The fourth-order valence-corrected chi connectivity index (χ4v) is 4.32. The molecule has 1 unspecified atom stereocenters.